The molecule has 0 radical (unpaired) electrons. The number of ether oxygens (including phenoxy) is 1. The molecule has 3 nitrogen and oxygen atoms in total. The summed E-state index contributed by atoms with van der Waals surface area (Å²) in [5.74, 6) is -0.0811. The molecule has 0 spiro atoms. The average molecular weight is 201 g/mol. The van der Waals surface area contributed by atoms with Crippen LogP contribution < -0.4 is 5.32 Å². The molecule has 0 bridgehead atoms. The van der Waals surface area contributed by atoms with Gasteiger partial charge < -0.3 is 10.1 Å². The SMILES string of the molecule is CCCCNCCC(=O)OCCCC. The first-order valence-electron chi connectivity index (χ1n) is 5.67. The Hall–Kier alpha value is -0.570. The molecular weight excluding hydrogens is 178 g/mol. The van der Waals surface area contributed by atoms with E-state index >= 15 is 0 Å². The Morgan fingerprint density at radius 1 is 1.14 bits per heavy atom. The second kappa shape index (κ2) is 10.5. The van der Waals surface area contributed by atoms with Crippen molar-refractivity contribution in [1.82, 2.24) is 5.32 Å². The lowest BCUT2D eigenvalue weighted by molar-refractivity contribution is -0.143. The molecule has 3 heteroatoms. The van der Waals surface area contributed by atoms with Crippen LogP contribution in [0.2, 0.25) is 0 Å². The number of unbranched alkanes of at least 4 members (excludes halogenated alkanes) is 2. The maximum absolute atomic E-state index is 11.1. The summed E-state index contributed by atoms with van der Waals surface area (Å²) in [6.45, 7) is 6.55. The average Bonchev–Trinajstić information content (AvgIpc) is 2.18. The second-order valence-corrected chi connectivity index (χ2v) is 3.43. The van der Waals surface area contributed by atoms with Crippen LogP contribution in [0.4, 0.5) is 0 Å². The molecule has 0 saturated carbocycles. The van der Waals surface area contributed by atoms with E-state index in [4.69, 9.17) is 4.74 Å². The minimum absolute atomic E-state index is 0.0811. The summed E-state index contributed by atoms with van der Waals surface area (Å²) in [4.78, 5) is 11.1. The molecule has 0 aliphatic carbocycles. The van der Waals surface area contributed by atoms with Crippen molar-refractivity contribution in [3.8, 4) is 0 Å². The first kappa shape index (κ1) is 13.4. The van der Waals surface area contributed by atoms with E-state index < -0.39 is 0 Å². The predicted octanol–water partition coefficient (Wildman–Crippen LogP) is 2.11. The van der Waals surface area contributed by atoms with Gasteiger partial charge in [0.05, 0.1) is 13.0 Å². The summed E-state index contributed by atoms with van der Waals surface area (Å²) in [5.41, 5.74) is 0. The topological polar surface area (TPSA) is 38.3 Å². The minimum Gasteiger partial charge on any atom is -0.466 e. The van der Waals surface area contributed by atoms with Gasteiger partial charge in [0.2, 0.25) is 0 Å². The van der Waals surface area contributed by atoms with Gasteiger partial charge in [-0.25, -0.2) is 0 Å². The van der Waals surface area contributed by atoms with Gasteiger partial charge in [0.1, 0.15) is 0 Å². The van der Waals surface area contributed by atoms with Crippen molar-refractivity contribution in [2.24, 2.45) is 0 Å². The second-order valence-electron chi connectivity index (χ2n) is 3.43. The molecule has 0 aliphatic rings. The van der Waals surface area contributed by atoms with Crippen LogP contribution in [-0.2, 0) is 9.53 Å². The minimum atomic E-state index is -0.0811. The summed E-state index contributed by atoms with van der Waals surface area (Å²) in [7, 11) is 0. The zero-order valence-corrected chi connectivity index (χ0v) is 9.47. The Kier molecular flexibility index (Phi) is 10.1. The van der Waals surface area contributed by atoms with E-state index in [-0.39, 0.29) is 5.97 Å². The van der Waals surface area contributed by atoms with Crippen LogP contribution in [0, 0.1) is 0 Å². The highest BCUT2D eigenvalue weighted by Gasteiger charge is 2.00. The van der Waals surface area contributed by atoms with Gasteiger partial charge in [0.15, 0.2) is 0 Å². The monoisotopic (exact) mass is 201 g/mol. The van der Waals surface area contributed by atoms with E-state index in [0.717, 1.165) is 25.9 Å². The van der Waals surface area contributed by atoms with Crippen LogP contribution in [0.5, 0.6) is 0 Å². The van der Waals surface area contributed by atoms with E-state index in [2.05, 4.69) is 19.2 Å². The normalized spacial score (nSPS) is 10.1. The molecule has 0 heterocycles. The highest BCUT2D eigenvalue weighted by molar-refractivity contribution is 5.69. The van der Waals surface area contributed by atoms with Crippen LogP contribution in [0.25, 0.3) is 0 Å². The van der Waals surface area contributed by atoms with Gasteiger partial charge in [0, 0.05) is 6.54 Å². The highest BCUT2D eigenvalue weighted by Crippen LogP contribution is 1.91. The molecule has 0 aromatic carbocycles. The van der Waals surface area contributed by atoms with E-state index in [0.29, 0.717) is 13.0 Å². The van der Waals surface area contributed by atoms with Crippen molar-refractivity contribution in [3.63, 3.8) is 0 Å². The smallest absolute Gasteiger partial charge is 0.307 e. The first-order valence-corrected chi connectivity index (χ1v) is 5.67. The summed E-state index contributed by atoms with van der Waals surface area (Å²) in [6, 6.07) is 0. The van der Waals surface area contributed by atoms with Crippen molar-refractivity contribution in [3.05, 3.63) is 0 Å². The van der Waals surface area contributed by atoms with Gasteiger partial charge >= 0.3 is 5.97 Å². The summed E-state index contributed by atoms with van der Waals surface area (Å²) < 4.78 is 5.01. The van der Waals surface area contributed by atoms with Gasteiger partial charge in [-0.2, -0.15) is 0 Å². The highest BCUT2D eigenvalue weighted by atomic mass is 16.5. The van der Waals surface area contributed by atoms with Crippen molar-refractivity contribution in [2.45, 2.75) is 46.0 Å². The van der Waals surface area contributed by atoms with Crippen molar-refractivity contribution in [2.75, 3.05) is 19.7 Å². The molecule has 0 rings (SSSR count). The number of carbonyl (C=O) groups is 1. The molecule has 0 unspecified atom stereocenters. The molecule has 0 fully saturated rings. The van der Waals surface area contributed by atoms with Crippen LogP contribution >= 0.6 is 0 Å². The van der Waals surface area contributed by atoms with Gasteiger partial charge in [-0.05, 0) is 19.4 Å². The van der Waals surface area contributed by atoms with E-state index in [1.807, 2.05) is 0 Å². The lowest BCUT2D eigenvalue weighted by atomic mass is 10.3. The lowest BCUT2D eigenvalue weighted by Gasteiger charge is -2.04. The zero-order valence-electron chi connectivity index (χ0n) is 9.47. The molecular formula is C11H23NO2. The Labute approximate surface area is 87.2 Å². The van der Waals surface area contributed by atoms with E-state index in [9.17, 15) is 4.79 Å². The largest absolute Gasteiger partial charge is 0.466 e. The van der Waals surface area contributed by atoms with Gasteiger partial charge in [-0.3, -0.25) is 4.79 Å². The number of esters is 1. The van der Waals surface area contributed by atoms with Crippen LogP contribution in [0.3, 0.4) is 0 Å². The van der Waals surface area contributed by atoms with Crippen molar-refractivity contribution in [1.29, 1.82) is 0 Å². The third-order valence-corrected chi connectivity index (χ3v) is 1.97. The van der Waals surface area contributed by atoms with E-state index in [1.54, 1.807) is 0 Å². The van der Waals surface area contributed by atoms with E-state index in [1.165, 1.54) is 12.8 Å². The fourth-order valence-electron chi connectivity index (χ4n) is 1.02. The number of hydrogen-bond acceptors (Lipinski definition) is 3. The van der Waals surface area contributed by atoms with Gasteiger partial charge in [-0.1, -0.05) is 26.7 Å². The number of rotatable bonds is 9. The number of carbonyl (C=O) groups excluding carboxylic acids is 1. The third-order valence-electron chi connectivity index (χ3n) is 1.97. The van der Waals surface area contributed by atoms with Gasteiger partial charge in [-0.15, -0.1) is 0 Å². The maximum atomic E-state index is 11.1. The molecule has 1 N–H and O–H groups in total. The third kappa shape index (κ3) is 9.52. The molecule has 0 aromatic rings. The van der Waals surface area contributed by atoms with Crippen LogP contribution in [-0.4, -0.2) is 25.7 Å². The molecule has 14 heavy (non-hydrogen) atoms. The van der Waals surface area contributed by atoms with Crippen molar-refractivity contribution < 1.29 is 9.53 Å². The number of hydrogen-bond donors (Lipinski definition) is 1. The lowest BCUT2D eigenvalue weighted by Crippen LogP contribution is -2.20. The maximum Gasteiger partial charge on any atom is 0.307 e. The first-order chi connectivity index (χ1) is 6.81. The molecule has 0 amide bonds. The summed E-state index contributed by atoms with van der Waals surface area (Å²) in [6.07, 6.45) is 4.89. The van der Waals surface area contributed by atoms with Crippen molar-refractivity contribution >= 4 is 5.97 Å². The Morgan fingerprint density at radius 2 is 1.86 bits per heavy atom. The quantitative estimate of drug-likeness (QED) is 0.458. The Morgan fingerprint density at radius 3 is 2.50 bits per heavy atom. The van der Waals surface area contributed by atoms with Crippen LogP contribution in [0.1, 0.15) is 46.0 Å². The molecule has 0 aliphatic heterocycles. The summed E-state index contributed by atoms with van der Waals surface area (Å²) >= 11 is 0. The molecule has 0 atom stereocenters. The Balaban J connectivity index is 3.10. The molecule has 84 valence electrons. The molecule has 0 aromatic heterocycles. The fraction of sp³-hybridized carbons (Fsp3) is 0.909. The standard InChI is InChI=1S/C11H23NO2/c1-3-5-8-12-9-7-11(13)14-10-6-4-2/h12H,3-10H2,1-2H3. The van der Waals surface area contributed by atoms with Gasteiger partial charge in [0.25, 0.3) is 0 Å². The zero-order chi connectivity index (χ0) is 10.6. The summed E-state index contributed by atoms with van der Waals surface area (Å²) in [5, 5.41) is 3.21. The predicted molar refractivity (Wildman–Crippen MR) is 58.3 cm³/mol. The fourth-order valence-corrected chi connectivity index (χ4v) is 1.02. The Bertz CT molecular complexity index is 137. The molecule has 0 saturated heterocycles. The number of nitrogens with one attached hydrogen (secondary N) is 1. The van der Waals surface area contributed by atoms with Crippen LogP contribution in [0.15, 0.2) is 0 Å².